The van der Waals surface area contributed by atoms with Crippen molar-refractivity contribution in [3.8, 4) is 5.88 Å². The third kappa shape index (κ3) is 4.18. The number of pyridine rings is 1. The molecule has 1 heterocycles. The monoisotopic (exact) mass is 275 g/mol. The molecule has 2 aliphatic carbocycles. The Morgan fingerprint density at radius 2 is 2.10 bits per heavy atom. The third-order valence-electron chi connectivity index (χ3n) is 4.03. The lowest BCUT2D eigenvalue weighted by Crippen LogP contribution is -2.26. The fourth-order valence-electron chi connectivity index (χ4n) is 2.42. The minimum Gasteiger partial charge on any atom is -0.476 e. The van der Waals surface area contributed by atoms with Crippen LogP contribution in [0.1, 0.15) is 36.9 Å². The van der Waals surface area contributed by atoms with E-state index in [0.29, 0.717) is 0 Å². The van der Waals surface area contributed by atoms with Crippen LogP contribution in [0.5, 0.6) is 5.88 Å². The Kier molecular flexibility index (Phi) is 4.22. The van der Waals surface area contributed by atoms with Crippen molar-refractivity contribution >= 4 is 0 Å². The van der Waals surface area contributed by atoms with E-state index < -0.39 is 0 Å². The molecule has 4 heteroatoms. The molecule has 1 aromatic heterocycles. The first kappa shape index (κ1) is 13.8. The summed E-state index contributed by atoms with van der Waals surface area (Å²) in [5.74, 6) is 0.766. The average Bonchev–Trinajstić information content (AvgIpc) is 3.28. The molecule has 0 spiro atoms. The molecule has 110 valence electrons. The van der Waals surface area contributed by atoms with Crippen molar-refractivity contribution in [2.24, 2.45) is 0 Å². The smallest absolute Gasteiger partial charge is 0.213 e. The summed E-state index contributed by atoms with van der Waals surface area (Å²) in [6.07, 6.45) is 5.33. The van der Waals surface area contributed by atoms with E-state index in [1.807, 2.05) is 6.92 Å². The fraction of sp³-hybridized carbons (Fsp3) is 0.688. The van der Waals surface area contributed by atoms with Crippen LogP contribution in [-0.4, -0.2) is 42.2 Å². The Bertz CT molecular complexity index is 455. The maximum atomic E-state index is 5.82. The van der Waals surface area contributed by atoms with Gasteiger partial charge in [0, 0.05) is 36.9 Å². The maximum absolute atomic E-state index is 5.82. The van der Waals surface area contributed by atoms with Crippen molar-refractivity contribution in [1.29, 1.82) is 0 Å². The standard InChI is InChI=1S/C16H25N3O/c1-12-9-13(11-17-14-3-4-14)10-16(18-12)20-8-7-19(2)15-5-6-15/h9-10,14-15,17H,3-8,11H2,1-2H3. The van der Waals surface area contributed by atoms with E-state index >= 15 is 0 Å². The molecular weight excluding hydrogens is 250 g/mol. The molecule has 0 amide bonds. The molecule has 0 aromatic carbocycles. The normalized spacial score (nSPS) is 18.6. The van der Waals surface area contributed by atoms with Crippen LogP contribution in [0.15, 0.2) is 12.1 Å². The van der Waals surface area contributed by atoms with Gasteiger partial charge in [-0.1, -0.05) is 0 Å². The maximum Gasteiger partial charge on any atom is 0.213 e. The Balaban J connectivity index is 1.48. The highest BCUT2D eigenvalue weighted by molar-refractivity contribution is 5.24. The number of hydrogen-bond donors (Lipinski definition) is 1. The molecule has 2 saturated carbocycles. The first-order valence-electron chi connectivity index (χ1n) is 7.75. The van der Waals surface area contributed by atoms with Gasteiger partial charge < -0.3 is 15.0 Å². The molecule has 20 heavy (non-hydrogen) atoms. The summed E-state index contributed by atoms with van der Waals surface area (Å²) < 4.78 is 5.82. The van der Waals surface area contributed by atoms with Crippen molar-refractivity contribution < 1.29 is 4.74 Å². The lowest BCUT2D eigenvalue weighted by Gasteiger charge is -2.16. The van der Waals surface area contributed by atoms with Crippen molar-refractivity contribution in [3.63, 3.8) is 0 Å². The lowest BCUT2D eigenvalue weighted by atomic mass is 10.2. The van der Waals surface area contributed by atoms with Gasteiger partial charge in [-0.05, 0) is 51.3 Å². The third-order valence-corrected chi connectivity index (χ3v) is 4.03. The highest BCUT2D eigenvalue weighted by Gasteiger charge is 2.25. The predicted molar refractivity (Wildman–Crippen MR) is 80.0 cm³/mol. The Labute approximate surface area is 121 Å². The number of ether oxygens (including phenoxy) is 1. The van der Waals surface area contributed by atoms with E-state index in [4.69, 9.17) is 4.74 Å². The SMILES string of the molecule is Cc1cc(CNC2CC2)cc(OCCN(C)C2CC2)n1. The highest BCUT2D eigenvalue weighted by atomic mass is 16.5. The number of rotatable bonds is 8. The summed E-state index contributed by atoms with van der Waals surface area (Å²) in [4.78, 5) is 6.85. The van der Waals surface area contributed by atoms with E-state index in [1.165, 1.54) is 31.2 Å². The Hall–Kier alpha value is -1.13. The molecule has 1 aromatic rings. The molecule has 0 saturated heterocycles. The first-order chi connectivity index (χ1) is 9.70. The molecule has 1 N–H and O–H groups in total. The van der Waals surface area contributed by atoms with Gasteiger partial charge in [-0.2, -0.15) is 0 Å². The van der Waals surface area contributed by atoms with Crippen LogP contribution in [0.3, 0.4) is 0 Å². The van der Waals surface area contributed by atoms with E-state index in [9.17, 15) is 0 Å². The van der Waals surface area contributed by atoms with Crippen LogP contribution in [0, 0.1) is 6.92 Å². The van der Waals surface area contributed by atoms with Gasteiger partial charge in [-0.25, -0.2) is 4.98 Å². The van der Waals surface area contributed by atoms with E-state index in [2.05, 4.69) is 34.4 Å². The minimum atomic E-state index is 0.721. The second-order valence-corrected chi connectivity index (χ2v) is 6.17. The number of aromatic nitrogens is 1. The minimum absolute atomic E-state index is 0.721. The van der Waals surface area contributed by atoms with Crippen LogP contribution < -0.4 is 10.1 Å². The summed E-state index contributed by atoms with van der Waals surface area (Å²) in [5, 5.41) is 3.53. The molecule has 0 atom stereocenters. The van der Waals surface area contributed by atoms with Crippen molar-refractivity contribution in [1.82, 2.24) is 15.2 Å². The highest BCUT2D eigenvalue weighted by Crippen LogP contribution is 2.25. The summed E-state index contributed by atoms with van der Waals surface area (Å²) in [7, 11) is 2.18. The zero-order chi connectivity index (χ0) is 13.9. The van der Waals surface area contributed by atoms with Crippen LogP contribution in [-0.2, 0) is 6.54 Å². The lowest BCUT2D eigenvalue weighted by molar-refractivity contribution is 0.226. The van der Waals surface area contributed by atoms with Gasteiger partial charge in [0.05, 0.1) is 0 Å². The number of hydrogen-bond acceptors (Lipinski definition) is 4. The zero-order valence-electron chi connectivity index (χ0n) is 12.6. The van der Waals surface area contributed by atoms with Gasteiger partial charge in [0.1, 0.15) is 6.61 Å². The van der Waals surface area contributed by atoms with Crippen LogP contribution in [0.2, 0.25) is 0 Å². The summed E-state index contributed by atoms with van der Waals surface area (Å²) in [6, 6.07) is 5.74. The first-order valence-corrected chi connectivity index (χ1v) is 7.75. The average molecular weight is 275 g/mol. The zero-order valence-corrected chi connectivity index (χ0v) is 12.6. The summed E-state index contributed by atoms with van der Waals surface area (Å²) in [5.41, 5.74) is 2.31. The topological polar surface area (TPSA) is 37.4 Å². The molecule has 0 radical (unpaired) electrons. The quantitative estimate of drug-likeness (QED) is 0.788. The molecule has 0 aliphatic heterocycles. The van der Waals surface area contributed by atoms with Gasteiger partial charge in [0.2, 0.25) is 5.88 Å². The summed E-state index contributed by atoms with van der Waals surface area (Å²) >= 11 is 0. The summed E-state index contributed by atoms with van der Waals surface area (Å²) in [6.45, 7) is 4.66. The number of nitrogens with one attached hydrogen (secondary N) is 1. The number of likely N-dealkylation sites (N-methyl/N-ethyl adjacent to an activating group) is 1. The predicted octanol–water partition coefficient (Wildman–Crippen LogP) is 2.12. The van der Waals surface area contributed by atoms with Crippen molar-refractivity contribution in [2.45, 2.75) is 51.2 Å². The molecular formula is C16H25N3O. The van der Waals surface area contributed by atoms with E-state index in [0.717, 1.165) is 43.4 Å². The van der Waals surface area contributed by atoms with Gasteiger partial charge in [-0.15, -0.1) is 0 Å². The molecule has 4 nitrogen and oxygen atoms in total. The molecule has 0 unspecified atom stereocenters. The van der Waals surface area contributed by atoms with Gasteiger partial charge >= 0.3 is 0 Å². The number of aryl methyl sites for hydroxylation is 1. The van der Waals surface area contributed by atoms with Crippen LogP contribution >= 0.6 is 0 Å². The second-order valence-electron chi connectivity index (χ2n) is 6.17. The van der Waals surface area contributed by atoms with Gasteiger partial charge in [0.15, 0.2) is 0 Å². The fourth-order valence-corrected chi connectivity index (χ4v) is 2.42. The largest absolute Gasteiger partial charge is 0.476 e. The second kappa shape index (κ2) is 6.10. The van der Waals surface area contributed by atoms with E-state index in [1.54, 1.807) is 0 Å². The Morgan fingerprint density at radius 1 is 1.30 bits per heavy atom. The van der Waals surface area contributed by atoms with Gasteiger partial charge in [-0.3, -0.25) is 0 Å². The van der Waals surface area contributed by atoms with Gasteiger partial charge in [0.25, 0.3) is 0 Å². The van der Waals surface area contributed by atoms with E-state index in [-0.39, 0.29) is 0 Å². The van der Waals surface area contributed by atoms with Crippen LogP contribution in [0.25, 0.3) is 0 Å². The van der Waals surface area contributed by atoms with Crippen LogP contribution in [0.4, 0.5) is 0 Å². The molecule has 3 rings (SSSR count). The molecule has 2 aliphatic rings. The van der Waals surface area contributed by atoms with Crippen molar-refractivity contribution in [2.75, 3.05) is 20.2 Å². The Morgan fingerprint density at radius 3 is 2.80 bits per heavy atom. The van der Waals surface area contributed by atoms with Crippen molar-refractivity contribution in [3.05, 3.63) is 23.4 Å². The number of nitrogens with zero attached hydrogens (tertiary/aromatic N) is 2. The molecule has 2 fully saturated rings. The molecule has 0 bridgehead atoms.